The Morgan fingerprint density at radius 2 is 2.00 bits per heavy atom. The molecule has 2 atom stereocenters. The molecule has 1 fully saturated rings. The molecule has 28 heavy (non-hydrogen) atoms. The lowest BCUT2D eigenvalue weighted by Crippen LogP contribution is -2.48. The molecule has 0 radical (unpaired) electrons. The maximum atomic E-state index is 12.1. The van der Waals surface area contributed by atoms with Crippen LogP contribution in [0.15, 0.2) is 17.1 Å². The van der Waals surface area contributed by atoms with Crippen molar-refractivity contribution >= 4 is 23.6 Å². The topological polar surface area (TPSA) is 150 Å². The lowest BCUT2D eigenvalue weighted by Gasteiger charge is -2.29. The lowest BCUT2D eigenvalue weighted by atomic mass is 9.86. The number of pyridine rings is 1. The van der Waals surface area contributed by atoms with E-state index in [1.807, 2.05) is 6.92 Å². The fraction of sp³-hybridized carbons (Fsp3) is 0.529. The van der Waals surface area contributed by atoms with E-state index in [0.717, 1.165) is 45.1 Å². The molecule has 0 spiro atoms. The van der Waals surface area contributed by atoms with Crippen molar-refractivity contribution in [3.63, 3.8) is 0 Å². The van der Waals surface area contributed by atoms with E-state index < -0.39 is 40.6 Å². The van der Waals surface area contributed by atoms with Crippen LogP contribution < -0.4 is 16.2 Å². The second-order valence-electron chi connectivity index (χ2n) is 6.69. The average molecular weight is 394 g/mol. The maximum absolute atomic E-state index is 12.1. The molecule has 1 aliphatic carbocycles. The zero-order valence-corrected chi connectivity index (χ0v) is 15.6. The minimum Gasteiger partial charge on any atom is -0.465 e. The molecule has 1 saturated carbocycles. The van der Waals surface area contributed by atoms with Gasteiger partial charge < -0.3 is 10.1 Å². The van der Waals surface area contributed by atoms with Crippen molar-refractivity contribution < 1.29 is 24.0 Å². The highest BCUT2D eigenvalue weighted by molar-refractivity contribution is 5.94. The second kappa shape index (κ2) is 9.11. The molecule has 0 aliphatic heterocycles. The van der Waals surface area contributed by atoms with E-state index in [2.05, 4.69) is 15.4 Å². The average Bonchev–Trinajstić information content (AvgIpc) is 2.64. The molecule has 1 aliphatic rings. The van der Waals surface area contributed by atoms with E-state index in [0.29, 0.717) is 4.57 Å². The number of imide groups is 1. The Labute approximate surface area is 160 Å². The van der Waals surface area contributed by atoms with Gasteiger partial charge in [-0.25, -0.2) is 9.59 Å². The SMILES string of the molecule is COC(=O)c1cc([N+](=O)[O-])c(=O)n(CC(=O)NC(=O)NC2CCCCC2C)c1. The van der Waals surface area contributed by atoms with Crippen LogP contribution in [-0.4, -0.2) is 40.5 Å². The third-order valence-corrected chi connectivity index (χ3v) is 4.68. The quantitative estimate of drug-likeness (QED) is 0.429. The lowest BCUT2D eigenvalue weighted by molar-refractivity contribution is -0.386. The summed E-state index contributed by atoms with van der Waals surface area (Å²) in [6.07, 6.45) is 4.86. The van der Waals surface area contributed by atoms with Crippen molar-refractivity contribution in [2.75, 3.05) is 7.11 Å². The van der Waals surface area contributed by atoms with Gasteiger partial charge in [-0.2, -0.15) is 0 Å². The maximum Gasteiger partial charge on any atom is 0.339 e. The summed E-state index contributed by atoms with van der Waals surface area (Å²) in [5, 5.41) is 15.9. The van der Waals surface area contributed by atoms with E-state index in [1.165, 1.54) is 0 Å². The van der Waals surface area contributed by atoms with Gasteiger partial charge in [0.15, 0.2) is 0 Å². The van der Waals surface area contributed by atoms with Gasteiger partial charge >= 0.3 is 23.2 Å². The Bertz CT molecular complexity index is 848. The number of methoxy groups -OCH3 is 1. The van der Waals surface area contributed by atoms with Crippen molar-refractivity contribution in [2.45, 2.75) is 45.2 Å². The van der Waals surface area contributed by atoms with Crippen molar-refractivity contribution in [1.29, 1.82) is 0 Å². The predicted molar refractivity (Wildman–Crippen MR) is 96.8 cm³/mol. The largest absolute Gasteiger partial charge is 0.465 e. The van der Waals surface area contributed by atoms with Crippen LogP contribution in [-0.2, 0) is 16.1 Å². The predicted octanol–water partition coefficient (Wildman–Crippen LogP) is 0.948. The van der Waals surface area contributed by atoms with Crippen LogP contribution >= 0.6 is 0 Å². The number of ether oxygens (including phenoxy) is 1. The molecule has 0 bridgehead atoms. The summed E-state index contributed by atoms with van der Waals surface area (Å²) >= 11 is 0. The number of nitrogens with zero attached hydrogens (tertiary/aromatic N) is 2. The number of rotatable bonds is 5. The van der Waals surface area contributed by atoms with E-state index >= 15 is 0 Å². The van der Waals surface area contributed by atoms with Crippen LogP contribution in [0.2, 0.25) is 0 Å². The van der Waals surface area contributed by atoms with E-state index in [4.69, 9.17) is 0 Å². The van der Waals surface area contributed by atoms with Gasteiger partial charge in [0.1, 0.15) is 6.54 Å². The standard InChI is InChI=1S/C17H22N4O7/c1-10-5-3-4-6-12(10)18-17(25)19-14(22)9-20-8-11(16(24)28-2)7-13(15(20)23)21(26)27/h7-8,10,12H,3-6,9H2,1-2H3,(H2,18,19,22,25). The Morgan fingerprint density at radius 1 is 1.32 bits per heavy atom. The summed E-state index contributed by atoms with van der Waals surface area (Å²) in [6.45, 7) is 1.35. The van der Waals surface area contributed by atoms with Gasteiger partial charge in [0.25, 0.3) is 0 Å². The zero-order valence-electron chi connectivity index (χ0n) is 15.6. The normalized spacial score (nSPS) is 18.8. The number of urea groups is 1. The summed E-state index contributed by atoms with van der Waals surface area (Å²) in [7, 11) is 1.08. The molecule has 11 heteroatoms. The van der Waals surface area contributed by atoms with Gasteiger partial charge in [-0.1, -0.05) is 19.8 Å². The molecule has 152 valence electrons. The minimum atomic E-state index is -1.07. The van der Waals surface area contributed by atoms with Gasteiger partial charge in [0.2, 0.25) is 5.91 Å². The number of esters is 1. The monoisotopic (exact) mass is 394 g/mol. The molecule has 1 aromatic heterocycles. The van der Waals surface area contributed by atoms with Crippen molar-refractivity contribution in [2.24, 2.45) is 5.92 Å². The molecular formula is C17H22N4O7. The number of carbonyl (C=O) groups excluding carboxylic acids is 3. The number of carbonyl (C=O) groups is 3. The molecule has 2 rings (SSSR count). The van der Waals surface area contributed by atoms with Crippen molar-refractivity contribution in [3.8, 4) is 0 Å². The Hall–Kier alpha value is -3.24. The van der Waals surface area contributed by atoms with Gasteiger partial charge in [-0.05, 0) is 18.8 Å². The molecular weight excluding hydrogens is 372 g/mol. The summed E-state index contributed by atoms with van der Waals surface area (Å²) in [6, 6.07) is 0.0307. The van der Waals surface area contributed by atoms with Gasteiger partial charge in [0, 0.05) is 18.3 Å². The van der Waals surface area contributed by atoms with Crippen LogP contribution in [0.1, 0.15) is 43.0 Å². The summed E-state index contributed by atoms with van der Waals surface area (Å²) < 4.78 is 5.18. The van der Waals surface area contributed by atoms with Gasteiger partial charge in [-0.3, -0.25) is 29.6 Å². The smallest absolute Gasteiger partial charge is 0.339 e. The first-order chi connectivity index (χ1) is 13.2. The zero-order chi connectivity index (χ0) is 20.8. The molecule has 11 nitrogen and oxygen atoms in total. The Morgan fingerprint density at radius 3 is 2.61 bits per heavy atom. The third-order valence-electron chi connectivity index (χ3n) is 4.68. The first-order valence-electron chi connectivity index (χ1n) is 8.80. The van der Waals surface area contributed by atoms with Crippen molar-refractivity contribution in [1.82, 2.24) is 15.2 Å². The van der Waals surface area contributed by atoms with E-state index in [1.54, 1.807) is 0 Å². The van der Waals surface area contributed by atoms with Crippen molar-refractivity contribution in [3.05, 3.63) is 38.3 Å². The number of hydrogen-bond donors (Lipinski definition) is 2. The number of hydrogen-bond acceptors (Lipinski definition) is 7. The van der Waals surface area contributed by atoms with Crippen LogP contribution in [0.3, 0.4) is 0 Å². The molecule has 0 saturated heterocycles. The first kappa shape index (κ1) is 21.1. The Kier molecular flexibility index (Phi) is 6.85. The molecule has 2 unspecified atom stereocenters. The molecule has 1 aromatic rings. The second-order valence-corrected chi connectivity index (χ2v) is 6.69. The molecule has 2 N–H and O–H groups in total. The van der Waals surface area contributed by atoms with Crippen LogP contribution in [0.5, 0.6) is 0 Å². The number of nitrogens with one attached hydrogen (secondary N) is 2. The molecule has 0 aromatic carbocycles. The van der Waals surface area contributed by atoms with E-state index in [-0.39, 0.29) is 17.5 Å². The summed E-state index contributed by atoms with van der Waals surface area (Å²) in [5.41, 5.74) is -2.22. The highest BCUT2D eigenvalue weighted by Gasteiger charge is 2.24. The highest BCUT2D eigenvalue weighted by atomic mass is 16.6. The summed E-state index contributed by atoms with van der Waals surface area (Å²) in [4.78, 5) is 58.0. The highest BCUT2D eigenvalue weighted by Crippen LogP contribution is 2.23. The van der Waals surface area contributed by atoms with Gasteiger partial charge in [-0.15, -0.1) is 0 Å². The minimum absolute atomic E-state index is 0.0481. The molecule has 3 amide bonds. The van der Waals surface area contributed by atoms with Crippen LogP contribution in [0.4, 0.5) is 10.5 Å². The Balaban J connectivity index is 2.11. The van der Waals surface area contributed by atoms with Crippen LogP contribution in [0, 0.1) is 16.0 Å². The number of amides is 3. The number of nitro groups is 1. The third kappa shape index (κ3) is 5.15. The van der Waals surface area contributed by atoms with Gasteiger partial charge in [0.05, 0.1) is 17.6 Å². The first-order valence-corrected chi connectivity index (χ1v) is 8.80. The summed E-state index contributed by atoms with van der Waals surface area (Å²) in [5.74, 6) is -1.46. The molecule has 1 heterocycles. The van der Waals surface area contributed by atoms with E-state index in [9.17, 15) is 29.3 Å². The van der Waals surface area contributed by atoms with Crippen LogP contribution in [0.25, 0.3) is 0 Å². The number of aromatic nitrogens is 1. The fourth-order valence-corrected chi connectivity index (χ4v) is 3.15. The fourth-order valence-electron chi connectivity index (χ4n) is 3.15.